The highest BCUT2D eigenvalue weighted by Crippen LogP contribution is 2.45. The Morgan fingerprint density at radius 1 is 0.453 bits per heavy atom. The molecule has 22 heteroatoms. The maximum atomic E-state index is 15.8. The molecule has 0 saturated carbocycles. The van der Waals surface area contributed by atoms with Crippen LogP contribution in [0.3, 0.4) is 0 Å². The maximum absolute atomic E-state index is 15.8. The Kier molecular flexibility index (Phi) is 23.9. The Labute approximate surface area is 562 Å². The number of aliphatic imine (C=N–C) groups is 1. The zero-order valence-electron chi connectivity index (χ0n) is 51.1. The number of halogens is 6. The third kappa shape index (κ3) is 19.2. The molecule has 496 valence electrons. The number of carbonyl (C=O) groups is 2. The molecular weight excluding hydrogens is 1290 g/mol. The number of hydrogen-bond donors (Lipinski definition) is 1. The highest BCUT2D eigenvalue weighted by molar-refractivity contribution is 6.67. The molecule has 0 unspecified atom stereocenters. The van der Waals surface area contributed by atoms with Crippen LogP contribution in [0.1, 0.15) is 44.9 Å². The molecule has 2 aliphatic heterocycles. The highest BCUT2D eigenvalue weighted by Gasteiger charge is 2.57. The fraction of sp³-hybridized carbons (Fsp3) is 0.301. The smallest absolute Gasteiger partial charge is 0.445 e. The van der Waals surface area contributed by atoms with Crippen LogP contribution in [-0.2, 0) is 89.9 Å². The molecule has 8 aromatic carbocycles. The maximum Gasteiger partial charge on any atom is 0.508 e. The van der Waals surface area contributed by atoms with Gasteiger partial charge < -0.3 is 62.2 Å². The van der Waals surface area contributed by atoms with E-state index in [9.17, 15) is 9.59 Å². The number of nitrogens with one attached hydrogen (secondary N) is 1. The Hall–Kier alpha value is -7.89. The number of rotatable bonds is 26. The average Bonchev–Trinajstić information content (AvgIpc) is 1.76. The zero-order valence-corrected chi connectivity index (χ0v) is 53.4. The Morgan fingerprint density at radius 3 is 1.36 bits per heavy atom. The molecule has 8 aromatic rings. The van der Waals surface area contributed by atoms with E-state index in [1.807, 2.05) is 152 Å². The van der Waals surface area contributed by atoms with Gasteiger partial charge in [-0.2, -0.15) is 13.2 Å². The van der Waals surface area contributed by atoms with Crippen molar-refractivity contribution >= 4 is 58.6 Å². The molecule has 2 heterocycles. The molecule has 1 amide bonds. The summed E-state index contributed by atoms with van der Waals surface area (Å²) < 4.78 is 124. The fourth-order valence-electron chi connectivity index (χ4n) is 11.4. The standard InChI is InChI=1S/C73H68Cl3F3N2O14/c74-72(75,76)47-90-70(82)81-61-64(87-42-51-29-13-4-14-30-51)63(94-71(83)89-44-58-56-37-21-19-35-54(56)55-36-20-22-38-57(55)58)60(46-85-40-49-25-9-2-10-26-49)91-67(61)93-66-65(88-43-52-31-15-5-16-32-52)62(86-41-50-27-11-3-12-28-50)59(45-84-39-48-23-7-1-8-24-48)92-68(66)95-69(73(77,78)79)80-53-33-17-6-18-34-53/h1-38,58-68H,39-47H2,(H,81,82)/t59-,60-,61-,62-,63-,64-,65+,66+,67+,68-/m1/s1. The highest BCUT2D eigenvalue weighted by atomic mass is 35.6. The number of benzene rings is 8. The molecule has 0 aromatic heterocycles. The van der Waals surface area contributed by atoms with Gasteiger partial charge in [0, 0.05) is 5.92 Å². The molecule has 2 saturated heterocycles. The van der Waals surface area contributed by atoms with Crippen molar-refractivity contribution in [1.82, 2.24) is 5.32 Å². The largest absolute Gasteiger partial charge is 0.508 e. The van der Waals surface area contributed by atoms with Crippen molar-refractivity contribution in [3.63, 3.8) is 0 Å². The van der Waals surface area contributed by atoms with Gasteiger partial charge in [0.25, 0.3) is 5.90 Å². The van der Waals surface area contributed by atoms with Crippen molar-refractivity contribution < 1.29 is 79.6 Å². The first-order valence-electron chi connectivity index (χ1n) is 30.7. The van der Waals surface area contributed by atoms with Crippen molar-refractivity contribution in [2.75, 3.05) is 26.4 Å². The van der Waals surface area contributed by atoms with E-state index in [0.29, 0.717) is 11.1 Å². The SMILES string of the molecule is O=C(N[C@H]1[C@H](O[C@@H]2[C@@H](OC(=Nc3ccccc3)C(F)(F)F)O[C@H](COCc3ccccc3)[C@@H](OCc3ccccc3)[C@@H]2OCc2ccccc2)O[C@H](COCc2ccccc2)[C@@H](OC(=O)OCC2c3ccccc3-c3ccccc32)[C@@H]1OCc1ccccc1)OCC(Cl)(Cl)Cl. The van der Waals surface area contributed by atoms with Crippen molar-refractivity contribution in [2.45, 2.75) is 110 Å². The van der Waals surface area contributed by atoms with E-state index in [-0.39, 0.29) is 64.5 Å². The summed E-state index contributed by atoms with van der Waals surface area (Å²) in [5.41, 5.74) is 7.29. The van der Waals surface area contributed by atoms with Crippen LogP contribution in [0.5, 0.6) is 0 Å². The Morgan fingerprint density at radius 2 is 0.874 bits per heavy atom. The number of hydrogen-bond acceptors (Lipinski definition) is 15. The van der Waals surface area contributed by atoms with Crippen LogP contribution in [0.15, 0.2) is 236 Å². The van der Waals surface area contributed by atoms with Gasteiger partial charge in [-0.25, -0.2) is 14.6 Å². The van der Waals surface area contributed by atoms with Gasteiger partial charge in [-0.3, -0.25) is 0 Å². The van der Waals surface area contributed by atoms with Crippen LogP contribution in [0.2, 0.25) is 0 Å². The van der Waals surface area contributed by atoms with Gasteiger partial charge in [0.05, 0.1) is 51.9 Å². The summed E-state index contributed by atoms with van der Waals surface area (Å²) in [5, 5.41) is 2.75. The second-order valence-corrected chi connectivity index (χ2v) is 25.1. The summed E-state index contributed by atoms with van der Waals surface area (Å²) in [6.45, 7) is -1.95. The lowest BCUT2D eigenvalue weighted by atomic mass is 9.95. The van der Waals surface area contributed by atoms with Crippen LogP contribution in [0, 0.1) is 0 Å². The minimum Gasteiger partial charge on any atom is -0.445 e. The minimum absolute atomic E-state index is 0.0153. The number of para-hydroxylation sites is 1. The van der Waals surface area contributed by atoms with Crippen LogP contribution in [0.25, 0.3) is 11.1 Å². The van der Waals surface area contributed by atoms with Gasteiger partial charge in [0.1, 0.15) is 49.8 Å². The quantitative estimate of drug-likeness (QED) is 0.0235. The van der Waals surface area contributed by atoms with E-state index in [4.69, 9.17) is 91.6 Å². The second-order valence-electron chi connectivity index (χ2n) is 22.6. The van der Waals surface area contributed by atoms with Gasteiger partial charge >= 0.3 is 18.4 Å². The Bertz CT molecular complexity index is 3680. The summed E-state index contributed by atoms with van der Waals surface area (Å²) in [7, 11) is 0. The molecule has 95 heavy (non-hydrogen) atoms. The summed E-state index contributed by atoms with van der Waals surface area (Å²) in [5.74, 6) is -2.11. The summed E-state index contributed by atoms with van der Waals surface area (Å²) >= 11 is 18.4. The van der Waals surface area contributed by atoms with Crippen LogP contribution < -0.4 is 5.32 Å². The van der Waals surface area contributed by atoms with E-state index in [2.05, 4.69) is 10.3 Å². The summed E-state index contributed by atoms with van der Waals surface area (Å²) in [6, 6.07) is 66.9. The zero-order chi connectivity index (χ0) is 66.0. The average molecular weight is 1360 g/mol. The van der Waals surface area contributed by atoms with E-state index in [1.165, 1.54) is 24.3 Å². The molecule has 16 nitrogen and oxygen atoms in total. The fourth-order valence-corrected chi connectivity index (χ4v) is 11.6. The number of alkyl halides is 6. The molecule has 10 atom stereocenters. The van der Waals surface area contributed by atoms with Crippen molar-refractivity contribution in [2.24, 2.45) is 4.99 Å². The Balaban J connectivity index is 1.02. The first-order chi connectivity index (χ1) is 46.2. The third-order valence-corrected chi connectivity index (χ3v) is 16.2. The molecule has 0 bridgehead atoms. The van der Waals surface area contributed by atoms with Gasteiger partial charge in [-0.15, -0.1) is 0 Å². The van der Waals surface area contributed by atoms with Gasteiger partial charge in [0.15, 0.2) is 18.5 Å². The predicted octanol–water partition coefficient (Wildman–Crippen LogP) is 15.1. The van der Waals surface area contributed by atoms with Crippen LogP contribution >= 0.6 is 34.8 Å². The lowest BCUT2D eigenvalue weighted by Gasteiger charge is -2.50. The molecule has 1 N–H and O–H groups in total. The van der Waals surface area contributed by atoms with E-state index >= 15 is 13.2 Å². The van der Waals surface area contributed by atoms with Crippen molar-refractivity contribution in [3.05, 3.63) is 269 Å². The normalized spacial score (nSPS) is 22.0. The number of ether oxygens (including phenoxy) is 12. The second kappa shape index (κ2) is 33.2. The van der Waals surface area contributed by atoms with Crippen molar-refractivity contribution in [3.8, 4) is 11.1 Å². The lowest BCUT2D eigenvalue weighted by molar-refractivity contribution is -0.359. The monoisotopic (exact) mass is 1360 g/mol. The van der Waals surface area contributed by atoms with Gasteiger partial charge in [-0.05, 0) is 62.2 Å². The van der Waals surface area contributed by atoms with Gasteiger partial charge in [-0.1, -0.05) is 253 Å². The summed E-state index contributed by atoms with van der Waals surface area (Å²) in [4.78, 5) is 33.1. The van der Waals surface area contributed by atoms with Crippen LogP contribution in [-0.4, -0.2) is 116 Å². The number of amides is 1. The first kappa shape index (κ1) is 68.5. The molecule has 1 aliphatic carbocycles. The minimum atomic E-state index is -5.26. The molecule has 11 rings (SSSR count). The lowest BCUT2D eigenvalue weighted by Crippen LogP contribution is -2.69. The number of fused-ring (bicyclic) bond motifs is 3. The molecular formula is C73H68Cl3F3N2O14. The number of alkyl carbamates (subject to hydrolysis) is 1. The van der Waals surface area contributed by atoms with E-state index < -0.39 is 96.1 Å². The molecule has 3 aliphatic rings. The number of nitrogens with zero attached hydrogens (tertiary/aromatic N) is 1. The van der Waals surface area contributed by atoms with E-state index in [0.717, 1.165) is 38.9 Å². The van der Waals surface area contributed by atoms with E-state index in [1.54, 1.807) is 54.6 Å². The van der Waals surface area contributed by atoms with Crippen molar-refractivity contribution in [1.29, 1.82) is 0 Å². The first-order valence-corrected chi connectivity index (χ1v) is 31.9. The molecule has 2 fully saturated rings. The third-order valence-electron chi connectivity index (χ3n) is 15.8. The molecule has 0 spiro atoms. The predicted molar refractivity (Wildman–Crippen MR) is 349 cm³/mol. The summed E-state index contributed by atoms with van der Waals surface area (Å²) in [6.07, 6.45) is -22.1. The van der Waals surface area contributed by atoms with Gasteiger partial charge in [0.2, 0.25) is 10.1 Å². The molecule has 0 radical (unpaired) electrons. The number of carbonyl (C=O) groups excluding carboxylic acids is 2. The van der Waals surface area contributed by atoms with Crippen LogP contribution in [0.4, 0.5) is 28.4 Å². The topological polar surface area (TPSA) is 169 Å².